The van der Waals surface area contributed by atoms with Crippen molar-refractivity contribution in [2.24, 2.45) is 0 Å². The largest absolute Gasteiger partial charge is 0.490 e. The highest BCUT2D eigenvalue weighted by molar-refractivity contribution is 5.75. The van der Waals surface area contributed by atoms with Crippen LogP contribution in [0.25, 0.3) is 0 Å². The van der Waals surface area contributed by atoms with Crippen LogP contribution in [0.2, 0.25) is 0 Å². The van der Waals surface area contributed by atoms with Crippen LogP contribution in [0.3, 0.4) is 0 Å². The molecule has 20 heavy (non-hydrogen) atoms. The summed E-state index contributed by atoms with van der Waals surface area (Å²) in [4.78, 5) is 14.8. The van der Waals surface area contributed by atoms with Gasteiger partial charge in [0.1, 0.15) is 18.0 Å². The predicted molar refractivity (Wildman–Crippen MR) is 60.5 cm³/mol. The molecule has 0 amide bonds. The number of esters is 1. The molecule has 0 aliphatic carbocycles. The van der Waals surface area contributed by atoms with E-state index in [0.29, 0.717) is 31.2 Å². The monoisotopic (exact) mass is 293 g/mol. The van der Waals surface area contributed by atoms with Crippen molar-refractivity contribution in [2.75, 3.05) is 13.2 Å². The summed E-state index contributed by atoms with van der Waals surface area (Å²) >= 11 is 0. The minimum Gasteiger partial charge on any atom is -0.456 e. The first-order valence-corrected chi connectivity index (χ1v) is 5.94. The lowest BCUT2D eigenvalue weighted by molar-refractivity contribution is -0.205. The first kappa shape index (κ1) is 14.8. The summed E-state index contributed by atoms with van der Waals surface area (Å²) in [7, 11) is 0. The molecule has 0 fully saturated rings. The van der Waals surface area contributed by atoms with Gasteiger partial charge in [0.25, 0.3) is 0 Å². The fourth-order valence-electron chi connectivity index (χ4n) is 1.99. The molecule has 1 aromatic heterocycles. The van der Waals surface area contributed by atoms with Gasteiger partial charge in [0.15, 0.2) is 0 Å². The topological polar surface area (TPSA) is 76.4 Å². The molecular formula is C11H14F3N3O3. The van der Waals surface area contributed by atoms with Crippen molar-refractivity contribution in [2.45, 2.75) is 31.8 Å². The SMILES string of the molecule is CC(O)(COC(=O)C(F)(F)F)c1cnc2n1CCNC2. The Hall–Kier alpha value is -1.61. The van der Waals surface area contributed by atoms with Gasteiger partial charge in [-0.25, -0.2) is 9.78 Å². The molecule has 1 aliphatic heterocycles. The molecule has 0 spiro atoms. The molecule has 2 N–H and O–H groups in total. The number of ether oxygens (including phenoxy) is 1. The second kappa shape index (κ2) is 5.06. The van der Waals surface area contributed by atoms with Gasteiger partial charge in [-0.3, -0.25) is 0 Å². The highest BCUT2D eigenvalue weighted by Gasteiger charge is 2.42. The van der Waals surface area contributed by atoms with E-state index in [0.717, 1.165) is 0 Å². The molecule has 1 aliphatic rings. The minimum absolute atomic E-state index is 0.323. The average molecular weight is 293 g/mol. The Balaban J connectivity index is 2.11. The van der Waals surface area contributed by atoms with E-state index in [2.05, 4.69) is 15.0 Å². The van der Waals surface area contributed by atoms with E-state index in [-0.39, 0.29) is 0 Å². The number of fused-ring (bicyclic) bond motifs is 1. The van der Waals surface area contributed by atoms with Crippen LogP contribution in [0.5, 0.6) is 0 Å². The number of aliphatic hydroxyl groups is 1. The number of carbonyl (C=O) groups excluding carboxylic acids is 1. The second-order valence-electron chi connectivity index (χ2n) is 4.74. The number of alkyl halides is 3. The molecule has 0 saturated heterocycles. The van der Waals surface area contributed by atoms with Gasteiger partial charge in [0.2, 0.25) is 0 Å². The summed E-state index contributed by atoms with van der Waals surface area (Å²) in [5, 5.41) is 13.3. The predicted octanol–water partition coefficient (Wildman–Crippen LogP) is 0.299. The number of halogens is 3. The maximum atomic E-state index is 12.1. The molecule has 9 heteroatoms. The van der Waals surface area contributed by atoms with Crippen molar-refractivity contribution in [1.82, 2.24) is 14.9 Å². The molecule has 0 bridgehead atoms. The van der Waals surface area contributed by atoms with Crippen LogP contribution in [-0.2, 0) is 28.2 Å². The van der Waals surface area contributed by atoms with Crippen molar-refractivity contribution in [1.29, 1.82) is 0 Å². The summed E-state index contributed by atoms with van der Waals surface area (Å²) in [6.45, 7) is 2.20. The standard InChI is InChI=1S/C11H14F3N3O3/c1-10(19,6-20-9(18)11(12,13)14)7-4-16-8-5-15-2-3-17(7)8/h4,15,19H,2-3,5-6H2,1H3. The van der Waals surface area contributed by atoms with E-state index in [1.165, 1.54) is 13.1 Å². The Bertz CT molecular complexity index is 511. The molecule has 0 radical (unpaired) electrons. The lowest BCUT2D eigenvalue weighted by atomic mass is 10.0. The van der Waals surface area contributed by atoms with Crippen molar-refractivity contribution in [3.63, 3.8) is 0 Å². The summed E-state index contributed by atoms with van der Waals surface area (Å²) in [5.41, 5.74) is -1.41. The molecule has 1 aromatic rings. The summed E-state index contributed by atoms with van der Waals surface area (Å²) in [6.07, 6.45) is -3.69. The Kier molecular flexibility index (Phi) is 3.74. The van der Waals surface area contributed by atoms with Gasteiger partial charge in [-0.1, -0.05) is 0 Å². The first-order chi connectivity index (χ1) is 9.22. The Morgan fingerprint density at radius 1 is 1.60 bits per heavy atom. The van der Waals surface area contributed by atoms with Crippen molar-refractivity contribution >= 4 is 5.97 Å². The van der Waals surface area contributed by atoms with Gasteiger partial charge in [0, 0.05) is 13.1 Å². The molecule has 0 saturated carbocycles. The van der Waals surface area contributed by atoms with Gasteiger partial charge < -0.3 is 19.7 Å². The van der Waals surface area contributed by atoms with Crippen LogP contribution in [0.4, 0.5) is 13.2 Å². The Morgan fingerprint density at radius 2 is 2.30 bits per heavy atom. The van der Waals surface area contributed by atoms with Crippen LogP contribution >= 0.6 is 0 Å². The van der Waals surface area contributed by atoms with Gasteiger partial charge in [-0.05, 0) is 6.92 Å². The van der Waals surface area contributed by atoms with Crippen LogP contribution in [-0.4, -0.2) is 40.0 Å². The average Bonchev–Trinajstić information content (AvgIpc) is 2.79. The minimum atomic E-state index is -5.07. The van der Waals surface area contributed by atoms with Crippen molar-refractivity contribution in [3.8, 4) is 0 Å². The lowest BCUT2D eigenvalue weighted by Crippen LogP contribution is -2.37. The zero-order chi connectivity index (χ0) is 15.0. The van der Waals surface area contributed by atoms with Gasteiger partial charge in [-0.2, -0.15) is 13.2 Å². The lowest BCUT2D eigenvalue weighted by Gasteiger charge is -2.26. The van der Waals surface area contributed by atoms with E-state index < -0.39 is 24.4 Å². The first-order valence-electron chi connectivity index (χ1n) is 5.94. The third kappa shape index (κ3) is 2.93. The number of nitrogens with one attached hydrogen (secondary N) is 1. The molecule has 2 rings (SSSR count). The highest BCUT2D eigenvalue weighted by Crippen LogP contribution is 2.25. The second-order valence-corrected chi connectivity index (χ2v) is 4.74. The van der Waals surface area contributed by atoms with Crippen LogP contribution in [0, 0.1) is 0 Å². The van der Waals surface area contributed by atoms with Crippen molar-refractivity contribution in [3.05, 3.63) is 17.7 Å². The van der Waals surface area contributed by atoms with Crippen molar-refractivity contribution < 1.29 is 27.8 Å². The third-order valence-electron chi connectivity index (χ3n) is 3.00. The van der Waals surface area contributed by atoms with E-state index in [4.69, 9.17) is 0 Å². The quantitative estimate of drug-likeness (QED) is 0.784. The van der Waals surface area contributed by atoms with Crippen LogP contribution < -0.4 is 5.32 Å². The fourth-order valence-corrected chi connectivity index (χ4v) is 1.99. The van der Waals surface area contributed by atoms with Gasteiger partial charge >= 0.3 is 12.1 Å². The number of carbonyl (C=O) groups is 1. The zero-order valence-corrected chi connectivity index (χ0v) is 10.7. The van der Waals surface area contributed by atoms with E-state index >= 15 is 0 Å². The highest BCUT2D eigenvalue weighted by atomic mass is 19.4. The Labute approximate surface area is 112 Å². The number of aromatic nitrogens is 2. The van der Waals surface area contributed by atoms with Crippen LogP contribution in [0.1, 0.15) is 18.4 Å². The molecule has 1 unspecified atom stereocenters. The Morgan fingerprint density at radius 3 is 2.95 bits per heavy atom. The normalized spacial score (nSPS) is 18.2. The fraction of sp³-hybridized carbons (Fsp3) is 0.636. The molecule has 112 valence electrons. The maximum absolute atomic E-state index is 12.1. The summed E-state index contributed by atoms with van der Waals surface area (Å²) in [6, 6.07) is 0. The third-order valence-corrected chi connectivity index (χ3v) is 3.00. The molecule has 0 aromatic carbocycles. The number of hydrogen-bond donors (Lipinski definition) is 2. The van der Waals surface area contributed by atoms with Gasteiger partial charge in [0.05, 0.1) is 18.4 Å². The molecule has 2 heterocycles. The molecular weight excluding hydrogens is 279 g/mol. The number of rotatable bonds is 3. The number of imidazole rings is 1. The van der Waals surface area contributed by atoms with Gasteiger partial charge in [-0.15, -0.1) is 0 Å². The molecule has 1 atom stereocenters. The summed E-state index contributed by atoms with van der Waals surface area (Å²) in [5.74, 6) is -1.65. The zero-order valence-electron chi connectivity index (χ0n) is 10.7. The van der Waals surface area contributed by atoms with E-state index in [9.17, 15) is 23.1 Å². The number of nitrogens with zero attached hydrogens (tertiary/aromatic N) is 2. The maximum Gasteiger partial charge on any atom is 0.490 e. The number of hydrogen-bond acceptors (Lipinski definition) is 5. The van der Waals surface area contributed by atoms with Crippen LogP contribution in [0.15, 0.2) is 6.20 Å². The van der Waals surface area contributed by atoms with E-state index in [1.807, 2.05) is 0 Å². The van der Waals surface area contributed by atoms with E-state index in [1.54, 1.807) is 4.57 Å². The summed E-state index contributed by atoms with van der Waals surface area (Å²) < 4.78 is 42.0. The molecule has 6 nitrogen and oxygen atoms in total. The smallest absolute Gasteiger partial charge is 0.456 e.